The van der Waals surface area contributed by atoms with E-state index < -0.39 is 0 Å². The zero-order chi connectivity index (χ0) is 28.9. The number of pyridine rings is 1. The third-order valence-electron chi connectivity index (χ3n) is 6.60. The Bertz CT molecular complexity index is 1710. The van der Waals surface area contributed by atoms with E-state index in [9.17, 15) is 9.59 Å². The quantitative estimate of drug-likeness (QED) is 0.161. The van der Waals surface area contributed by atoms with E-state index in [2.05, 4.69) is 26.3 Å². The van der Waals surface area contributed by atoms with E-state index in [1.54, 1.807) is 17.5 Å². The lowest BCUT2D eigenvalue weighted by Crippen LogP contribution is -2.20. The molecule has 5 aromatic rings. The predicted octanol–water partition coefficient (Wildman–Crippen LogP) is 7.06. The maximum atomic E-state index is 12.5. The van der Waals surface area contributed by atoms with Gasteiger partial charge >= 0.3 is 6.03 Å². The minimum absolute atomic E-state index is 0.0274. The Morgan fingerprint density at radius 1 is 0.854 bits per heavy atom. The molecular weight excluding hydrogens is 532 g/mol. The minimum Gasteiger partial charge on any atom is -0.383 e. The van der Waals surface area contributed by atoms with Crippen molar-refractivity contribution in [2.75, 3.05) is 42.3 Å². The smallest absolute Gasteiger partial charge is 0.323 e. The summed E-state index contributed by atoms with van der Waals surface area (Å²) in [6, 6.07) is 22.8. The number of fused-ring (bicyclic) bond motifs is 1. The van der Waals surface area contributed by atoms with Crippen molar-refractivity contribution in [1.29, 1.82) is 0 Å². The van der Waals surface area contributed by atoms with Gasteiger partial charge in [0.2, 0.25) is 5.91 Å². The molecule has 0 saturated heterocycles. The molecule has 0 aliphatic carbocycles. The van der Waals surface area contributed by atoms with E-state index in [1.807, 2.05) is 98.7 Å². The van der Waals surface area contributed by atoms with Crippen LogP contribution in [0, 0.1) is 6.92 Å². The van der Waals surface area contributed by atoms with Crippen LogP contribution in [-0.2, 0) is 4.79 Å². The maximum absolute atomic E-state index is 12.5. The SMILES string of the molecule is Cc1cccc(NC(=O)Nc2ccc(-c3csc4c(-c5cccc(NC(=O)CCN(C)C)c5)cnc(N)c34)cc2)c1. The van der Waals surface area contributed by atoms with Gasteiger partial charge in [-0.15, -0.1) is 11.3 Å². The van der Waals surface area contributed by atoms with Crippen LogP contribution >= 0.6 is 11.3 Å². The second-order valence-corrected chi connectivity index (χ2v) is 11.0. The van der Waals surface area contributed by atoms with E-state index in [0.29, 0.717) is 24.5 Å². The van der Waals surface area contributed by atoms with Gasteiger partial charge in [-0.3, -0.25) is 4.79 Å². The van der Waals surface area contributed by atoms with Crippen molar-refractivity contribution < 1.29 is 9.59 Å². The van der Waals surface area contributed by atoms with Crippen LogP contribution in [0.3, 0.4) is 0 Å². The van der Waals surface area contributed by atoms with Gasteiger partial charge in [0.1, 0.15) is 5.82 Å². The maximum Gasteiger partial charge on any atom is 0.323 e. The summed E-state index contributed by atoms with van der Waals surface area (Å²) in [5.41, 5.74) is 13.4. The Labute approximate surface area is 243 Å². The van der Waals surface area contributed by atoms with Crippen LogP contribution in [0.1, 0.15) is 12.0 Å². The van der Waals surface area contributed by atoms with Crippen molar-refractivity contribution in [3.05, 3.63) is 89.9 Å². The molecular formula is C32H32N6O2S. The van der Waals surface area contributed by atoms with Crippen molar-refractivity contribution in [2.45, 2.75) is 13.3 Å². The predicted molar refractivity (Wildman–Crippen MR) is 171 cm³/mol. The van der Waals surface area contributed by atoms with Crippen LogP contribution in [0.25, 0.3) is 32.3 Å². The van der Waals surface area contributed by atoms with Crippen LogP contribution in [0.5, 0.6) is 0 Å². The zero-order valence-corrected chi connectivity index (χ0v) is 24.0. The van der Waals surface area contributed by atoms with Crippen LogP contribution in [-0.4, -0.2) is 42.5 Å². The average Bonchev–Trinajstić information content (AvgIpc) is 3.39. The second-order valence-electron chi connectivity index (χ2n) is 10.1. The third kappa shape index (κ3) is 6.71. The highest BCUT2D eigenvalue weighted by Crippen LogP contribution is 2.42. The number of hydrogen-bond donors (Lipinski definition) is 4. The monoisotopic (exact) mass is 564 g/mol. The molecule has 0 aliphatic rings. The molecule has 8 nitrogen and oxygen atoms in total. The summed E-state index contributed by atoms with van der Waals surface area (Å²) in [4.78, 5) is 31.3. The number of rotatable bonds is 8. The largest absolute Gasteiger partial charge is 0.383 e. The molecule has 208 valence electrons. The fourth-order valence-corrected chi connectivity index (χ4v) is 5.67. The lowest BCUT2D eigenvalue weighted by Gasteiger charge is -2.11. The summed E-state index contributed by atoms with van der Waals surface area (Å²) in [5.74, 6) is 0.424. The molecule has 9 heteroatoms. The molecule has 0 atom stereocenters. The van der Waals surface area contributed by atoms with E-state index >= 15 is 0 Å². The van der Waals surface area contributed by atoms with Crippen LogP contribution in [0.4, 0.5) is 27.7 Å². The van der Waals surface area contributed by atoms with Gasteiger partial charge in [0.25, 0.3) is 0 Å². The Kier molecular flexibility index (Phi) is 8.28. The van der Waals surface area contributed by atoms with E-state index in [4.69, 9.17) is 5.73 Å². The van der Waals surface area contributed by atoms with Crippen molar-refractivity contribution in [2.24, 2.45) is 0 Å². The number of thiophene rings is 1. The van der Waals surface area contributed by atoms with Gasteiger partial charge in [0.05, 0.1) is 0 Å². The standard InChI is InChI=1S/C32H32N6O2S/c1-20-6-4-8-24(16-20)37-32(40)36-23-12-10-21(11-13-23)27-19-41-30-26(18-34-31(33)29(27)30)22-7-5-9-25(17-22)35-28(39)14-15-38(2)3/h4-13,16-19H,14-15H2,1-3H3,(H2,33,34)(H,35,39)(H2,36,37,40). The normalized spacial score (nSPS) is 11.0. The van der Waals surface area contributed by atoms with Crippen LogP contribution in [0.2, 0.25) is 0 Å². The summed E-state index contributed by atoms with van der Waals surface area (Å²) < 4.78 is 1.02. The summed E-state index contributed by atoms with van der Waals surface area (Å²) >= 11 is 1.60. The molecule has 3 aromatic carbocycles. The first-order valence-corrected chi connectivity index (χ1v) is 14.1. The average molecular weight is 565 g/mol. The molecule has 0 saturated carbocycles. The number of amides is 3. The number of carbonyl (C=O) groups is 2. The molecule has 0 bridgehead atoms. The van der Waals surface area contributed by atoms with Gasteiger partial charge in [-0.25, -0.2) is 9.78 Å². The summed E-state index contributed by atoms with van der Waals surface area (Å²) in [7, 11) is 3.89. The molecule has 0 aliphatic heterocycles. The minimum atomic E-state index is -0.307. The molecule has 2 heterocycles. The second kappa shape index (κ2) is 12.2. The highest BCUT2D eigenvalue weighted by Gasteiger charge is 2.16. The van der Waals surface area contributed by atoms with Gasteiger partial charge in [0, 0.05) is 57.4 Å². The number of urea groups is 1. The number of hydrogen-bond acceptors (Lipinski definition) is 6. The van der Waals surface area contributed by atoms with Crippen molar-refractivity contribution in [3.63, 3.8) is 0 Å². The number of aryl methyl sites for hydroxylation is 1. The Morgan fingerprint density at radius 3 is 2.29 bits per heavy atom. The molecule has 3 amide bonds. The number of aromatic nitrogens is 1. The molecule has 0 radical (unpaired) electrons. The first-order valence-electron chi connectivity index (χ1n) is 13.2. The molecule has 5 rings (SSSR count). The Balaban J connectivity index is 1.36. The first kappa shape index (κ1) is 27.8. The molecule has 0 spiro atoms. The van der Waals surface area contributed by atoms with Crippen LogP contribution < -0.4 is 21.7 Å². The molecule has 41 heavy (non-hydrogen) atoms. The molecule has 0 unspecified atom stereocenters. The summed E-state index contributed by atoms with van der Waals surface area (Å²) in [6.45, 7) is 2.66. The highest BCUT2D eigenvalue weighted by atomic mass is 32.1. The number of anilines is 4. The van der Waals surface area contributed by atoms with Gasteiger partial charge < -0.3 is 26.6 Å². The molecule has 2 aromatic heterocycles. The van der Waals surface area contributed by atoms with Crippen molar-refractivity contribution in [1.82, 2.24) is 9.88 Å². The topological polar surface area (TPSA) is 112 Å². The third-order valence-corrected chi connectivity index (χ3v) is 7.61. The first-order chi connectivity index (χ1) is 19.8. The van der Waals surface area contributed by atoms with Crippen molar-refractivity contribution in [3.8, 4) is 22.3 Å². The number of nitrogens with zero attached hydrogens (tertiary/aromatic N) is 2. The van der Waals surface area contributed by atoms with Gasteiger partial charge in [-0.1, -0.05) is 36.4 Å². The fourth-order valence-electron chi connectivity index (χ4n) is 4.55. The Hall–Kier alpha value is -4.73. The summed E-state index contributed by atoms with van der Waals surface area (Å²) in [5, 5.41) is 11.7. The number of nitrogens with one attached hydrogen (secondary N) is 3. The van der Waals surface area contributed by atoms with Crippen molar-refractivity contribution >= 4 is 56.2 Å². The van der Waals surface area contributed by atoms with E-state index in [-0.39, 0.29) is 11.9 Å². The molecule has 0 fully saturated rings. The lowest BCUT2D eigenvalue weighted by atomic mass is 10.0. The van der Waals surface area contributed by atoms with Crippen LogP contribution in [0.15, 0.2) is 84.4 Å². The Morgan fingerprint density at radius 2 is 1.56 bits per heavy atom. The zero-order valence-electron chi connectivity index (χ0n) is 23.2. The van der Waals surface area contributed by atoms with E-state index in [1.165, 1.54) is 0 Å². The number of benzene rings is 3. The van der Waals surface area contributed by atoms with Gasteiger partial charge in [-0.05, 0) is 79.5 Å². The number of nitrogen functional groups attached to an aromatic ring is 1. The number of carbonyl (C=O) groups excluding carboxylic acids is 2. The van der Waals surface area contributed by atoms with Gasteiger partial charge in [0.15, 0.2) is 0 Å². The fraction of sp³-hybridized carbons (Fsp3) is 0.156. The summed E-state index contributed by atoms with van der Waals surface area (Å²) in [6.07, 6.45) is 2.20. The molecule has 5 N–H and O–H groups in total. The number of nitrogens with two attached hydrogens (primary N) is 1. The van der Waals surface area contributed by atoms with E-state index in [0.717, 1.165) is 49.3 Å². The highest BCUT2D eigenvalue weighted by molar-refractivity contribution is 7.18. The lowest BCUT2D eigenvalue weighted by molar-refractivity contribution is -0.116. The van der Waals surface area contributed by atoms with Gasteiger partial charge in [-0.2, -0.15) is 0 Å².